The Morgan fingerprint density at radius 1 is 0.846 bits per heavy atom. The van der Waals surface area contributed by atoms with Crippen molar-refractivity contribution in [3.05, 3.63) is 84.1 Å². The zero-order valence-electron chi connectivity index (χ0n) is 15.9. The van der Waals surface area contributed by atoms with Crippen molar-refractivity contribution >= 4 is 0 Å². The van der Waals surface area contributed by atoms with E-state index in [4.69, 9.17) is 9.47 Å². The minimum atomic E-state index is -0.756. The van der Waals surface area contributed by atoms with E-state index < -0.39 is 11.4 Å². The van der Waals surface area contributed by atoms with Gasteiger partial charge in [0.2, 0.25) is 5.79 Å². The topological polar surface area (TPSA) is 18.5 Å². The Kier molecular flexibility index (Phi) is 4.19. The third-order valence-corrected chi connectivity index (χ3v) is 6.54. The molecule has 2 aromatic carbocycles. The molecule has 0 saturated carbocycles. The predicted octanol–water partition coefficient (Wildman–Crippen LogP) is 6.00. The largest absolute Gasteiger partial charge is 0.459 e. The van der Waals surface area contributed by atoms with E-state index in [1.54, 1.807) is 0 Å². The molecule has 5 atom stereocenters. The van der Waals surface area contributed by atoms with Crippen LogP contribution in [-0.4, -0.2) is 0 Å². The van der Waals surface area contributed by atoms with Crippen molar-refractivity contribution < 1.29 is 9.47 Å². The number of ether oxygens (including phenoxy) is 2. The van der Waals surface area contributed by atoms with Crippen molar-refractivity contribution in [2.75, 3.05) is 0 Å². The Bertz CT molecular complexity index is 784. The van der Waals surface area contributed by atoms with Gasteiger partial charge in [0.15, 0.2) is 5.60 Å². The number of hydrogen-bond donors (Lipinski definition) is 0. The molecule has 0 unspecified atom stereocenters. The van der Waals surface area contributed by atoms with Gasteiger partial charge < -0.3 is 9.47 Å². The van der Waals surface area contributed by atoms with Crippen LogP contribution in [0.4, 0.5) is 0 Å². The maximum atomic E-state index is 7.01. The first kappa shape index (κ1) is 17.4. The van der Waals surface area contributed by atoms with Crippen molar-refractivity contribution in [2.24, 2.45) is 17.8 Å². The summed E-state index contributed by atoms with van der Waals surface area (Å²) in [6.07, 6.45) is 2.03. The number of rotatable bonds is 4. The van der Waals surface area contributed by atoms with E-state index in [1.165, 1.54) is 0 Å². The van der Waals surface area contributed by atoms with Crippen LogP contribution in [0.15, 0.2) is 73.0 Å². The zero-order valence-corrected chi connectivity index (χ0v) is 15.9. The van der Waals surface area contributed by atoms with Crippen molar-refractivity contribution in [1.29, 1.82) is 0 Å². The van der Waals surface area contributed by atoms with Gasteiger partial charge in [-0.1, -0.05) is 88.0 Å². The normalized spacial score (nSPS) is 36.0. The highest BCUT2D eigenvalue weighted by molar-refractivity contribution is 5.38. The maximum Gasteiger partial charge on any atom is 0.241 e. The lowest BCUT2D eigenvalue weighted by atomic mass is 9.64. The average molecular weight is 348 g/mol. The van der Waals surface area contributed by atoms with E-state index in [-0.39, 0.29) is 5.92 Å². The third kappa shape index (κ3) is 2.15. The summed E-state index contributed by atoms with van der Waals surface area (Å²) in [6, 6.07) is 20.9. The van der Waals surface area contributed by atoms with Crippen LogP contribution in [0, 0.1) is 17.8 Å². The molecule has 2 heterocycles. The second-order valence-electron chi connectivity index (χ2n) is 7.65. The summed E-state index contributed by atoms with van der Waals surface area (Å²) in [7, 11) is 0. The fourth-order valence-electron chi connectivity index (χ4n) is 5.43. The predicted molar refractivity (Wildman–Crippen MR) is 104 cm³/mol. The number of fused-ring (bicyclic) bond motifs is 2. The molecule has 2 aliphatic heterocycles. The molecule has 0 aliphatic carbocycles. The molecule has 2 fully saturated rings. The van der Waals surface area contributed by atoms with Crippen LogP contribution in [0.5, 0.6) is 0 Å². The van der Waals surface area contributed by atoms with Gasteiger partial charge in [0.1, 0.15) is 5.76 Å². The molecule has 2 nitrogen and oxygen atoms in total. The molecular formula is C24H28O2. The molecule has 0 N–H and O–H groups in total. The first-order chi connectivity index (χ1) is 12.6. The summed E-state index contributed by atoms with van der Waals surface area (Å²) in [4.78, 5) is 0. The maximum absolute atomic E-state index is 7.01. The minimum Gasteiger partial charge on any atom is -0.459 e. The van der Waals surface area contributed by atoms with Gasteiger partial charge >= 0.3 is 0 Å². The highest BCUT2D eigenvalue weighted by atomic mass is 16.8. The highest BCUT2D eigenvalue weighted by Gasteiger charge is 2.68. The minimum absolute atomic E-state index is 0.283. The monoisotopic (exact) mass is 348 g/mol. The van der Waals surface area contributed by atoms with E-state index >= 15 is 0 Å². The molecule has 136 valence electrons. The van der Waals surface area contributed by atoms with E-state index in [0.29, 0.717) is 11.8 Å². The second kappa shape index (κ2) is 6.28. The van der Waals surface area contributed by atoms with E-state index in [1.807, 2.05) is 12.1 Å². The molecule has 0 spiro atoms. The molecular weight excluding hydrogens is 320 g/mol. The Morgan fingerprint density at radius 3 is 1.92 bits per heavy atom. The van der Waals surface area contributed by atoms with Gasteiger partial charge in [0.05, 0.1) is 0 Å². The van der Waals surface area contributed by atoms with Crippen molar-refractivity contribution in [2.45, 2.75) is 45.0 Å². The number of benzene rings is 2. The highest BCUT2D eigenvalue weighted by Crippen LogP contribution is 2.65. The lowest BCUT2D eigenvalue weighted by molar-refractivity contribution is -0.289. The third-order valence-electron chi connectivity index (χ3n) is 6.54. The summed E-state index contributed by atoms with van der Waals surface area (Å²) < 4.78 is 13.6. The van der Waals surface area contributed by atoms with Crippen LogP contribution in [0.2, 0.25) is 0 Å². The van der Waals surface area contributed by atoms with Crippen LogP contribution < -0.4 is 0 Å². The van der Waals surface area contributed by atoms with Crippen LogP contribution in [0.3, 0.4) is 0 Å². The van der Waals surface area contributed by atoms with Crippen molar-refractivity contribution in [3.63, 3.8) is 0 Å². The molecule has 2 bridgehead atoms. The summed E-state index contributed by atoms with van der Waals surface area (Å²) in [5, 5.41) is 0. The SMILES string of the molecule is C=C1O[C@]2(c3ccccc3)O[C@@]1(c1ccccc1)[C@H](CC)[C@@H](C)[C@@H]2CC. The molecule has 0 amide bonds. The molecule has 0 aromatic heterocycles. The molecule has 0 radical (unpaired) electrons. The van der Waals surface area contributed by atoms with Gasteiger partial charge in [0.25, 0.3) is 0 Å². The lowest BCUT2D eigenvalue weighted by Crippen LogP contribution is -2.53. The van der Waals surface area contributed by atoms with Crippen LogP contribution in [0.25, 0.3) is 0 Å². The van der Waals surface area contributed by atoms with Gasteiger partial charge in [-0.05, 0) is 24.3 Å². The van der Waals surface area contributed by atoms with Crippen LogP contribution in [0.1, 0.15) is 44.7 Å². The molecule has 2 saturated heterocycles. The molecule has 2 aromatic rings. The van der Waals surface area contributed by atoms with Gasteiger partial charge in [-0.15, -0.1) is 0 Å². The van der Waals surface area contributed by atoms with Gasteiger partial charge in [-0.3, -0.25) is 0 Å². The van der Waals surface area contributed by atoms with Crippen molar-refractivity contribution in [3.8, 4) is 0 Å². The Morgan fingerprint density at radius 2 is 1.38 bits per heavy atom. The first-order valence-electron chi connectivity index (χ1n) is 9.79. The first-order valence-corrected chi connectivity index (χ1v) is 9.79. The Balaban J connectivity index is 1.95. The summed E-state index contributed by atoms with van der Waals surface area (Å²) in [5.41, 5.74) is 1.65. The van der Waals surface area contributed by atoms with Gasteiger partial charge in [0, 0.05) is 17.4 Å². The number of hydrogen-bond acceptors (Lipinski definition) is 2. The van der Waals surface area contributed by atoms with E-state index in [2.05, 4.69) is 75.9 Å². The summed E-state index contributed by atoms with van der Waals surface area (Å²) in [6.45, 7) is 11.2. The quantitative estimate of drug-likeness (QED) is 0.675. The smallest absolute Gasteiger partial charge is 0.241 e. The summed E-state index contributed by atoms with van der Waals surface area (Å²) in [5.74, 6) is 1.07. The van der Waals surface area contributed by atoms with E-state index in [9.17, 15) is 0 Å². The van der Waals surface area contributed by atoms with Gasteiger partial charge in [-0.25, -0.2) is 0 Å². The van der Waals surface area contributed by atoms with E-state index in [0.717, 1.165) is 29.7 Å². The average Bonchev–Trinajstić information content (AvgIpc) is 2.96. The van der Waals surface area contributed by atoms with Gasteiger partial charge in [-0.2, -0.15) is 0 Å². The fraction of sp³-hybridized carbons (Fsp3) is 0.417. The summed E-state index contributed by atoms with van der Waals surface area (Å²) >= 11 is 0. The van der Waals surface area contributed by atoms with Crippen LogP contribution in [-0.2, 0) is 20.9 Å². The van der Waals surface area contributed by atoms with Crippen LogP contribution >= 0.6 is 0 Å². The standard InChI is InChI=1S/C24H28O2/c1-5-21-17(3)22(6-2)24(20-15-11-8-12-16-20)25-18(4)23(21,26-24)19-13-9-7-10-14-19/h7-17,21-22H,4-6H2,1-3H3/t17-,21-,22+,23+,24-/m1/s1. The molecule has 4 rings (SSSR count). The zero-order chi connectivity index (χ0) is 18.4. The second-order valence-corrected chi connectivity index (χ2v) is 7.65. The van der Waals surface area contributed by atoms with Crippen molar-refractivity contribution in [1.82, 2.24) is 0 Å². The molecule has 2 aliphatic rings. The molecule has 26 heavy (non-hydrogen) atoms. The Labute approximate surface area is 156 Å². The lowest BCUT2D eigenvalue weighted by Gasteiger charge is -2.50. The Hall–Kier alpha value is -2.06. The molecule has 2 heteroatoms. The fourth-order valence-corrected chi connectivity index (χ4v) is 5.43.